The zero-order chi connectivity index (χ0) is 17.4. The summed E-state index contributed by atoms with van der Waals surface area (Å²) >= 11 is 0. The first-order chi connectivity index (χ1) is 11.3. The average molecular weight is 370 g/mol. The molecule has 2 aromatic rings. The molecule has 0 amide bonds. The lowest BCUT2D eigenvalue weighted by molar-refractivity contribution is 0.581. The van der Waals surface area contributed by atoms with Crippen LogP contribution in [0, 0.1) is 5.82 Å². The Bertz CT molecular complexity index is 953. The molecular formula is C15H15FN2O4S2. The Morgan fingerprint density at radius 2 is 1.54 bits per heavy atom. The molecule has 0 radical (unpaired) electrons. The van der Waals surface area contributed by atoms with Crippen LogP contribution in [0.25, 0.3) is 0 Å². The van der Waals surface area contributed by atoms with Gasteiger partial charge in [0.1, 0.15) is 5.82 Å². The van der Waals surface area contributed by atoms with Gasteiger partial charge in [-0.05, 0) is 55.3 Å². The van der Waals surface area contributed by atoms with Crippen LogP contribution in [0.2, 0.25) is 0 Å². The smallest absolute Gasteiger partial charge is 0.261 e. The largest absolute Gasteiger partial charge is 0.280 e. The minimum atomic E-state index is -3.95. The Balaban J connectivity index is 1.78. The van der Waals surface area contributed by atoms with Crippen LogP contribution in [0.3, 0.4) is 0 Å². The second-order valence-electron chi connectivity index (χ2n) is 5.48. The van der Waals surface area contributed by atoms with Gasteiger partial charge in [0.15, 0.2) is 0 Å². The molecule has 1 fully saturated rings. The number of rotatable bonds is 6. The molecule has 0 saturated heterocycles. The number of nitrogens with one attached hydrogen (secondary N) is 2. The first kappa shape index (κ1) is 16.9. The number of benzene rings is 2. The highest BCUT2D eigenvalue weighted by Crippen LogP contribution is 2.23. The Kier molecular flexibility index (Phi) is 4.33. The second-order valence-corrected chi connectivity index (χ2v) is 8.88. The van der Waals surface area contributed by atoms with Crippen LogP contribution >= 0.6 is 0 Å². The molecule has 0 spiro atoms. The van der Waals surface area contributed by atoms with Crippen LogP contribution in [-0.2, 0) is 20.0 Å². The lowest BCUT2D eigenvalue weighted by atomic mass is 10.3. The van der Waals surface area contributed by atoms with Crippen LogP contribution in [0.1, 0.15) is 12.8 Å². The van der Waals surface area contributed by atoms with Crippen molar-refractivity contribution in [3.63, 3.8) is 0 Å². The minimum absolute atomic E-state index is 0.0128. The van der Waals surface area contributed by atoms with Crippen LogP contribution < -0.4 is 9.44 Å². The van der Waals surface area contributed by atoms with Crippen molar-refractivity contribution in [3.8, 4) is 0 Å². The molecule has 1 saturated carbocycles. The summed E-state index contributed by atoms with van der Waals surface area (Å²) in [6.07, 6.45) is 1.65. The first-order valence-corrected chi connectivity index (χ1v) is 10.1. The van der Waals surface area contributed by atoms with Gasteiger partial charge in [0.2, 0.25) is 10.0 Å². The Morgan fingerprint density at radius 3 is 2.12 bits per heavy atom. The molecule has 3 rings (SSSR count). The van der Waals surface area contributed by atoms with E-state index in [-0.39, 0.29) is 21.5 Å². The van der Waals surface area contributed by atoms with E-state index in [4.69, 9.17) is 0 Å². The normalized spacial score (nSPS) is 15.2. The first-order valence-electron chi connectivity index (χ1n) is 7.17. The number of hydrogen-bond donors (Lipinski definition) is 2. The third kappa shape index (κ3) is 3.92. The van der Waals surface area contributed by atoms with E-state index in [1.54, 1.807) is 0 Å². The number of anilines is 1. The summed E-state index contributed by atoms with van der Waals surface area (Å²) in [5, 5.41) is 0. The van der Waals surface area contributed by atoms with E-state index in [0.717, 1.165) is 25.0 Å². The van der Waals surface area contributed by atoms with E-state index in [9.17, 15) is 21.2 Å². The SMILES string of the molecule is O=S(=O)(Nc1ccc(S(=O)(=O)NC2CC2)cc1)c1cccc(F)c1. The molecular weight excluding hydrogens is 355 g/mol. The van der Waals surface area contributed by atoms with Gasteiger partial charge in [0.05, 0.1) is 9.79 Å². The monoisotopic (exact) mass is 370 g/mol. The molecule has 0 aromatic heterocycles. The van der Waals surface area contributed by atoms with Gasteiger partial charge in [-0.2, -0.15) is 0 Å². The van der Waals surface area contributed by atoms with E-state index in [1.807, 2.05) is 0 Å². The quantitative estimate of drug-likeness (QED) is 0.814. The third-order valence-corrected chi connectivity index (χ3v) is 6.34. The van der Waals surface area contributed by atoms with Gasteiger partial charge in [-0.1, -0.05) is 6.07 Å². The Hall–Kier alpha value is -1.97. The number of halogens is 1. The van der Waals surface area contributed by atoms with Crippen molar-refractivity contribution in [1.29, 1.82) is 0 Å². The van der Waals surface area contributed by atoms with Gasteiger partial charge in [0.25, 0.3) is 10.0 Å². The van der Waals surface area contributed by atoms with Crippen molar-refractivity contribution < 1.29 is 21.2 Å². The maximum Gasteiger partial charge on any atom is 0.261 e. The highest BCUT2D eigenvalue weighted by atomic mass is 32.2. The van der Waals surface area contributed by atoms with Crippen LogP contribution in [-0.4, -0.2) is 22.9 Å². The van der Waals surface area contributed by atoms with Crippen LogP contribution in [0.15, 0.2) is 58.3 Å². The van der Waals surface area contributed by atoms with Gasteiger partial charge in [-0.3, -0.25) is 4.72 Å². The second kappa shape index (κ2) is 6.15. The maximum absolute atomic E-state index is 13.2. The predicted octanol–water partition coefficient (Wildman–Crippen LogP) is 2.07. The van der Waals surface area contributed by atoms with Gasteiger partial charge in [-0.25, -0.2) is 25.9 Å². The van der Waals surface area contributed by atoms with Crippen molar-refractivity contribution in [3.05, 3.63) is 54.3 Å². The third-order valence-electron chi connectivity index (χ3n) is 3.42. The Morgan fingerprint density at radius 1 is 0.875 bits per heavy atom. The van der Waals surface area contributed by atoms with Crippen molar-refractivity contribution >= 4 is 25.7 Å². The fourth-order valence-electron chi connectivity index (χ4n) is 2.04. The summed E-state index contributed by atoms with van der Waals surface area (Å²) in [6.45, 7) is 0. The van der Waals surface area contributed by atoms with Crippen molar-refractivity contribution in [2.75, 3.05) is 4.72 Å². The lowest BCUT2D eigenvalue weighted by Gasteiger charge is -2.10. The zero-order valence-corrected chi connectivity index (χ0v) is 14.1. The maximum atomic E-state index is 13.2. The molecule has 2 N–H and O–H groups in total. The molecule has 0 bridgehead atoms. The predicted molar refractivity (Wildman–Crippen MR) is 87.0 cm³/mol. The molecule has 0 aliphatic heterocycles. The molecule has 2 aromatic carbocycles. The fraction of sp³-hybridized carbons (Fsp3) is 0.200. The van der Waals surface area contributed by atoms with Crippen molar-refractivity contribution in [2.24, 2.45) is 0 Å². The number of hydrogen-bond acceptors (Lipinski definition) is 4. The molecule has 1 aliphatic rings. The highest BCUT2D eigenvalue weighted by Gasteiger charge is 2.27. The van der Waals surface area contributed by atoms with Gasteiger partial charge in [0, 0.05) is 11.7 Å². The highest BCUT2D eigenvalue weighted by molar-refractivity contribution is 7.92. The summed E-state index contributed by atoms with van der Waals surface area (Å²) in [5.41, 5.74) is 0.185. The molecule has 0 heterocycles. The van der Waals surface area contributed by atoms with Gasteiger partial charge < -0.3 is 0 Å². The van der Waals surface area contributed by atoms with E-state index in [2.05, 4.69) is 9.44 Å². The van der Waals surface area contributed by atoms with E-state index in [1.165, 1.54) is 36.4 Å². The average Bonchev–Trinajstić information content (AvgIpc) is 3.31. The molecule has 24 heavy (non-hydrogen) atoms. The van der Waals surface area contributed by atoms with Crippen LogP contribution in [0.5, 0.6) is 0 Å². The van der Waals surface area contributed by atoms with E-state index >= 15 is 0 Å². The molecule has 128 valence electrons. The standard InChI is InChI=1S/C15H15FN2O4S2/c16-11-2-1-3-15(10-11)24(21,22)18-13-6-8-14(9-7-13)23(19,20)17-12-4-5-12/h1-3,6-10,12,17-18H,4-5H2. The Labute approximate surface area is 139 Å². The fourth-order valence-corrected chi connectivity index (χ4v) is 4.43. The summed E-state index contributed by atoms with van der Waals surface area (Å²) < 4.78 is 66.4. The summed E-state index contributed by atoms with van der Waals surface area (Å²) in [5.74, 6) is -0.662. The molecule has 0 unspecified atom stereocenters. The minimum Gasteiger partial charge on any atom is -0.280 e. The topological polar surface area (TPSA) is 92.3 Å². The number of sulfonamides is 2. The van der Waals surface area contributed by atoms with Crippen molar-refractivity contribution in [2.45, 2.75) is 28.7 Å². The molecule has 9 heteroatoms. The van der Waals surface area contributed by atoms with Gasteiger partial charge >= 0.3 is 0 Å². The van der Waals surface area contributed by atoms with Gasteiger partial charge in [-0.15, -0.1) is 0 Å². The molecule has 1 aliphatic carbocycles. The lowest BCUT2D eigenvalue weighted by Crippen LogP contribution is -2.25. The summed E-state index contributed by atoms with van der Waals surface area (Å²) in [4.78, 5) is -0.155. The summed E-state index contributed by atoms with van der Waals surface area (Å²) in [7, 11) is -7.54. The van der Waals surface area contributed by atoms with Crippen molar-refractivity contribution in [1.82, 2.24) is 4.72 Å². The summed E-state index contributed by atoms with van der Waals surface area (Å²) in [6, 6.07) is 9.92. The molecule has 6 nitrogen and oxygen atoms in total. The molecule has 0 atom stereocenters. The zero-order valence-electron chi connectivity index (χ0n) is 12.4. The van der Waals surface area contributed by atoms with Crippen LogP contribution in [0.4, 0.5) is 10.1 Å². The van der Waals surface area contributed by atoms with E-state index < -0.39 is 25.9 Å². The van der Waals surface area contributed by atoms with E-state index in [0.29, 0.717) is 0 Å².